The number of nitrogens with one attached hydrogen (secondary N) is 2. The standard InChI is InChI=1S/C18H24N2O3/c1-3-6-12(2)9-17(21)20-16(18(22)23)10-13-11-19-15-8-5-4-7-14(13)15/h4-5,7-8,11-12,16,19H,3,6,9-10H2,1-2H3,(H,20,21)(H,22,23). The largest absolute Gasteiger partial charge is 0.480 e. The number of aromatic amines is 1. The molecule has 0 saturated carbocycles. The molecule has 0 bridgehead atoms. The highest BCUT2D eigenvalue weighted by molar-refractivity contribution is 5.86. The lowest BCUT2D eigenvalue weighted by Crippen LogP contribution is -2.42. The molecule has 0 aliphatic carbocycles. The van der Waals surface area contributed by atoms with Crippen molar-refractivity contribution in [1.29, 1.82) is 0 Å². The first-order valence-electron chi connectivity index (χ1n) is 8.08. The van der Waals surface area contributed by atoms with Gasteiger partial charge in [-0.05, 0) is 17.5 Å². The van der Waals surface area contributed by atoms with E-state index in [1.54, 1.807) is 0 Å². The van der Waals surface area contributed by atoms with Gasteiger partial charge in [-0.1, -0.05) is 44.9 Å². The lowest BCUT2D eigenvalue weighted by Gasteiger charge is -2.16. The highest BCUT2D eigenvalue weighted by Crippen LogP contribution is 2.19. The van der Waals surface area contributed by atoms with Crippen LogP contribution in [-0.4, -0.2) is 28.0 Å². The van der Waals surface area contributed by atoms with Gasteiger partial charge in [0.2, 0.25) is 5.91 Å². The van der Waals surface area contributed by atoms with Gasteiger partial charge in [-0.3, -0.25) is 4.79 Å². The van der Waals surface area contributed by atoms with Gasteiger partial charge in [0, 0.05) is 29.9 Å². The Morgan fingerprint density at radius 1 is 1.30 bits per heavy atom. The van der Waals surface area contributed by atoms with Crippen LogP contribution < -0.4 is 5.32 Å². The number of hydrogen-bond acceptors (Lipinski definition) is 2. The van der Waals surface area contributed by atoms with E-state index in [0.717, 1.165) is 29.3 Å². The van der Waals surface area contributed by atoms with E-state index in [2.05, 4.69) is 17.2 Å². The van der Waals surface area contributed by atoms with Crippen LogP contribution in [0.25, 0.3) is 10.9 Å². The third-order valence-electron chi connectivity index (χ3n) is 4.05. The summed E-state index contributed by atoms with van der Waals surface area (Å²) in [6.07, 6.45) is 4.44. The summed E-state index contributed by atoms with van der Waals surface area (Å²) in [4.78, 5) is 26.7. The second-order valence-electron chi connectivity index (χ2n) is 6.12. The zero-order valence-corrected chi connectivity index (χ0v) is 13.6. The van der Waals surface area contributed by atoms with Crippen LogP contribution in [0.5, 0.6) is 0 Å². The molecule has 2 unspecified atom stereocenters. The predicted molar refractivity (Wildman–Crippen MR) is 90.3 cm³/mol. The number of rotatable bonds is 8. The van der Waals surface area contributed by atoms with Crippen molar-refractivity contribution in [3.63, 3.8) is 0 Å². The van der Waals surface area contributed by atoms with Gasteiger partial charge < -0.3 is 15.4 Å². The van der Waals surface area contributed by atoms with Crippen molar-refractivity contribution in [2.45, 2.75) is 45.6 Å². The Morgan fingerprint density at radius 2 is 2.04 bits per heavy atom. The van der Waals surface area contributed by atoms with Crippen molar-refractivity contribution >= 4 is 22.8 Å². The van der Waals surface area contributed by atoms with Crippen LogP contribution >= 0.6 is 0 Å². The molecule has 1 heterocycles. The number of aromatic nitrogens is 1. The maximum Gasteiger partial charge on any atom is 0.326 e. The first-order valence-corrected chi connectivity index (χ1v) is 8.08. The molecule has 5 heteroatoms. The van der Waals surface area contributed by atoms with E-state index in [-0.39, 0.29) is 18.2 Å². The number of carbonyl (C=O) groups excluding carboxylic acids is 1. The quantitative estimate of drug-likeness (QED) is 0.700. The number of carboxylic acid groups (broad SMARTS) is 1. The van der Waals surface area contributed by atoms with Gasteiger partial charge in [0.05, 0.1) is 0 Å². The molecule has 0 spiro atoms. The summed E-state index contributed by atoms with van der Waals surface area (Å²) in [6.45, 7) is 4.09. The van der Waals surface area contributed by atoms with Crippen molar-refractivity contribution in [2.24, 2.45) is 5.92 Å². The summed E-state index contributed by atoms with van der Waals surface area (Å²) in [6, 6.07) is 6.83. The summed E-state index contributed by atoms with van der Waals surface area (Å²) in [5, 5.41) is 13.1. The third-order valence-corrected chi connectivity index (χ3v) is 4.05. The fourth-order valence-corrected chi connectivity index (χ4v) is 2.89. The molecule has 23 heavy (non-hydrogen) atoms. The van der Waals surface area contributed by atoms with Crippen LogP contribution in [0.1, 0.15) is 38.7 Å². The number of benzene rings is 1. The molecule has 2 rings (SSSR count). The molecule has 0 radical (unpaired) electrons. The Morgan fingerprint density at radius 3 is 2.74 bits per heavy atom. The van der Waals surface area contributed by atoms with Crippen LogP contribution in [0, 0.1) is 5.92 Å². The van der Waals surface area contributed by atoms with Gasteiger partial charge >= 0.3 is 5.97 Å². The molecule has 1 amide bonds. The lowest BCUT2D eigenvalue weighted by molar-refractivity contribution is -0.141. The maximum atomic E-state index is 12.1. The Labute approximate surface area is 136 Å². The van der Waals surface area contributed by atoms with Gasteiger partial charge in [-0.2, -0.15) is 0 Å². The summed E-state index contributed by atoms with van der Waals surface area (Å²) < 4.78 is 0. The first-order chi connectivity index (χ1) is 11.0. The van der Waals surface area contributed by atoms with Gasteiger partial charge in [0.1, 0.15) is 6.04 Å². The van der Waals surface area contributed by atoms with Crippen LogP contribution in [0.2, 0.25) is 0 Å². The zero-order chi connectivity index (χ0) is 16.8. The fraction of sp³-hybridized carbons (Fsp3) is 0.444. The number of carbonyl (C=O) groups is 2. The van der Waals surface area contributed by atoms with Crippen LogP contribution in [-0.2, 0) is 16.0 Å². The van der Waals surface area contributed by atoms with Gasteiger partial charge in [-0.25, -0.2) is 4.79 Å². The fourth-order valence-electron chi connectivity index (χ4n) is 2.89. The summed E-state index contributed by atoms with van der Waals surface area (Å²) in [5.74, 6) is -0.937. The highest BCUT2D eigenvalue weighted by atomic mass is 16.4. The van der Waals surface area contributed by atoms with E-state index < -0.39 is 12.0 Å². The molecule has 1 aromatic heterocycles. The average molecular weight is 316 g/mol. The van der Waals surface area contributed by atoms with E-state index in [1.807, 2.05) is 37.4 Å². The SMILES string of the molecule is CCCC(C)CC(=O)NC(Cc1c[nH]c2ccccc12)C(=O)O. The molecule has 0 aliphatic rings. The molecule has 3 N–H and O–H groups in total. The van der Waals surface area contributed by atoms with Gasteiger partial charge in [0.15, 0.2) is 0 Å². The number of aliphatic carboxylic acids is 1. The van der Waals surface area contributed by atoms with E-state index in [4.69, 9.17) is 0 Å². The number of carboxylic acids is 1. The lowest BCUT2D eigenvalue weighted by atomic mass is 10.0. The Kier molecular flexibility index (Phi) is 5.79. The number of H-pyrrole nitrogens is 1. The second-order valence-corrected chi connectivity index (χ2v) is 6.12. The van der Waals surface area contributed by atoms with Crippen molar-refractivity contribution in [1.82, 2.24) is 10.3 Å². The molecular weight excluding hydrogens is 292 g/mol. The van der Waals surface area contributed by atoms with Gasteiger partial charge in [-0.15, -0.1) is 0 Å². The van der Waals surface area contributed by atoms with Crippen molar-refractivity contribution in [3.05, 3.63) is 36.0 Å². The molecule has 2 aromatic rings. The Bertz CT molecular complexity index is 678. The zero-order valence-electron chi connectivity index (χ0n) is 13.6. The van der Waals surface area contributed by atoms with Crippen molar-refractivity contribution in [2.75, 3.05) is 0 Å². The molecule has 0 aliphatic heterocycles. The van der Waals surface area contributed by atoms with E-state index in [1.165, 1.54) is 0 Å². The third kappa shape index (κ3) is 4.58. The maximum absolute atomic E-state index is 12.1. The van der Waals surface area contributed by atoms with Crippen LogP contribution in [0.4, 0.5) is 0 Å². The molecule has 2 atom stereocenters. The average Bonchev–Trinajstić information content (AvgIpc) is 2.90. The minimum absolute atomic E-state index is 0.196. The van der Waals surface area contributed by atoms with E-state index in [9.17, 15) is 14.7 Å². The number of amides is 1. The molecule has 0 saturated heterocycles. The predicted octanol–water partition coefficient (Wildman–Crippen LogP) is 3.11. The highest BCUT2D eigenvalue weighted by Gasteiger charge is 2.22. The molecule has 5 nitrogen and oxygen atoms in total. The summed E-state index contributed by atoms with van der Waals surface area (Å²) >= 11 is 0. The molecule has 1 aromatic carbocycles. The van der Waals surface area contributed by atoms with Crippen LogP contribution in [0.3, 0.4) is 0 Å². The minimum atomic E-state index is -1.01. The van der Waals surface area contributed by atoms with E-state index in [0.29, 0.717) is 6.42 Å². The Balaban J connectivity index is 2.04. The smallest absolute Gasteiger partial charge is 0.326 e. The number of fused-ring (bicyclic) bond motifs is 1. The summed E-state index contributed by atoms with van der Waals surface area (Å²) in [7, 11) is 0. The molecule has 124 valence electrons. The van der Waals surface area contributed by atoms with E-state index >= 15 is 0 Å². The van der Waals surface area contributed by atoms with Crippen LogP contribution in [0.15, 0.2) is 30.5 Å². The topological polar surface area (TPSA) is 82.2 Å². The Hall–Kier alpha value is -2.30. The molecule has 0 fully saturated rings. The summed E-state index contributed by atoms with van der Waals surface area (Å²) in [5.41, 5.74) is 1.87. The number of para-hydroxylation sites is 1. The first kappa shape index (κ1) is 17.1. The van der Waals surface area contributed by atoms with Gasteiger partial charge in [0.25, 0.3) is 0 Å². The second kappa shape index (κ2) is 7.81. The van der Waals surface area contributed by atoms with Crippen molar-refractivity contribution in [3.8, 4) is 0 Å². The minimum Gasteiger partial charge on any atom is -0.480 e. The normalized spacial score (nSPS) is 13.7. The number of hydrogen-bond donors (Lipinski definition) is 3. The monoisotopic (exact) mass is 316 g/mol. The van der Waals surface area contributed by atoms with Crippen molar-refractivity contribution < 1.29 is 14.7 Å². The molecular formula is C18H24N2O3.